The van der Waals surface area contributed by atoms with Crippen LogP contribution in [0.15, 0.2) is 47.4 Å². The predicted molar refractivity (Wildman–Crippen MR) is 96.2 cm³/mol. The van der Waals surface area contributed by atoms with Crippen LogP contribution in [0.3, 0.4) is 0 Å². The molecule has 2 atom stereocenters. The smallest absolute Gasteiger partial charge is 0.351 e. The Balaban J connectivity index is 2.17. The van der Waals surface area contributed by atoms with Gasteiger partial charge in [-0.25, -0.2) is 9.59 Å². The van der Waals surface area contributed by atoms with Crippen molar-refractivity contribution in [3.8, 4) is 0 Å². The number of carbonyl (C=O) groups excluding carboxylic acids is 2. The van der Waals surface area contributed by atoms with Crippen LogP contribution in [0.25, 0.3) is 0 Å². The second kappa shape index (κ2) is 9.60. The molecule has 1 amide bonds. The van der Waals surface area contributed by atoms with Crippen molar-refractivity contribution >= 4 is 17.7 Å². The average molecular weight is 375 g/mol. The van der Waals surface area contributed by atoms with E-state index in [-0.39, 0.29) is 24.9 Å². The van der Waals surface area contributed by atoms with Crippen LogP contribution in [0.5, 0.6) is 0 Å². The molecule has 1 aromatic heterocycles. The topological polar surface area (TPSA) is 120 Å². The zero-order valence-electron chi connectivity index (χ0n) is 15.0. The number of aliphatic hydroxyl groups is 1. The van der Waals surface area contributed by atoms with Crippen molar-refractivity contribution in [3.63, 3.8) is 0 Å². The second-order valence-corrected chi connectivity index (χ2v) is 5.73. The average Bonchev–Trinajstić information content (AvgIpc) is 2.65. The number of hydrogen-bond donors (Lipinski definition) is 2. The van der Waals surface area contributed by atoms with Crippen LogP contribution in [0.1, 0.15) is 30.4 Å². The minimum absolute atomic E-state index is 0.0963. The van der Waals surface area contributed by atoms with E-state index in [4.69, 9.17) is 9.47 Å². The molecule has 2 aromatic rings. The minimum Gasteiger partial charge on any atom is -0.457 e. The maximum absolute atomic E-state index is 12.3. The van der Waals surface area contributed by atoms with Gasteiger partial charge >= 0.3 is 11.7 Å². The molecule has 27 heavy (non-hydrogen) atoms. The van der Waals surface area contributed by atoms with Crippen molar-refractivity contribution in [2.45, 2.75) is 26.2 Å². The van der Waals surface area contributed by atoms with Crippen molar-refractivity contribution in [2.24, 2.45) is 0 Å². The number of amides is 1. The molecule has 9 nitrogen and oxygen atoms in total. The molecule has 9 heteroatoms. The van der Waals surface area contributed by atoms with Crippen molar-refractivity contribution in [1.29, 1.82) is 0 Å². The molecule has 0 aliphatic carbocycles. The van der Waals surface area contributed by atoms with E-state index in [0.29, 0.717) is 5.56 Å². The molecule has 0 fully saturated rings. The highest BCUT2D eigenvalue weighted by Gasteiger charge is 2.20. The maximum Gasteiger partial charge on any atom is 0.351 e. The highest BCUT2D eigenvalue weighted by Crippen LogP contribution is 2.13. The molecule has 144 valence electrons. The lowest BCUT2D eigenvalue weighted by atomic mass is 10.2. The number of anilines is 1. The molecule has 0 spiro atoms. The summed E-state index contributed by atoms with van der Waals surface area (Å²) in [6, 6.07) is 9.80. The zero-order valence-corrected chi connectivity index (χ0v) is 15.0. The number of ether oxygens (including phenoxy) is 2. The molecule has 1 aromatic carbocycles. The van der Waals surface area contributed by atoms with Crippen LogP contribution in [0.2, 0.25) is 0 Å². The first-order valence-electron chi connectivity index (χ1n) is 8.26. The first-order valence-corrected chi connectivity index (χ1v) is 8.26. The summed E-state index contributed by atoms with van der Waals surface area (Å²) in [6.45, 7) is 2.36. The van der Waals surface area contributed by atoms with Crippen LogP contribution < -0.4 is 11.0 Å². The molecular formula is C18H21N3O6. The fraction of sp³-hybridized carbons (Fsp3) is 0.333. The van der Waals surface area contributed by atoms with E-state index >= 15 is 0 Å². The molecule has 0 saturated carbocycles. The van der Waals surface area contributed by atoms with Crippen molar-refractivity contribution < 1.29 is 24.2 Å². The van der Waals surface area contributed by atoms with Gasteiger partial charge in [0.1, 0.15) is 12.4 Å². The number of hydrogen-bond acceptors (Lipinski definition) is 7. The molecule has 1 heterocycles. The van der Waals surface area contributed by atoms with Crippen LogP contribution in [0.4, 0.5) is 5.82 Å². The molecule has 0 bridgehead atoms. The van der Waals surface area contributed by atoms with Gasteiger partial charge in [-0.1, -0.05) is 18.2 Å². The lowest BCUT2D eigenvalue weighted by Gasteiger charge is -2.23. The SMILES string of the molecule is CC(=O)Nc1ccn([C@@H](COC(=O)c2ccccc2)O[C@H](C)CO)c(=O)n1. The van der Waals surface area contributed by atoms with Crippen LogP contribution in [-0.4, -0.2) is 45.9 Å². The van der Waals surface area contributed by atoms with Crippen LogP contribution in [-0.2, 0) is 14.3 Å². The highest BCUT2D eigenvalue weighted by molar-refractivity contribution is 5.89. The van der Waals surface area contributed by atoms with Gasteiger partial charge in [-0.3, -0.25) is 9.36 Å². The third kappa shape index (κ3) is 6.01. The van der Waals surface area contributed by atoms with E-state index in [0.717, 1.165) is 4.57 Å². The Hall–Kier alpha value is -3.04. The fourth-order valence-corrected chi connectivity index (χ4v) is 2.18. The summed E-state index contributed by atoms with van der Waals surface area (Å²) in [5, 5.41) is 11.6. The fourth-order valence-electron chi connectivity index (χ4n) is 2.18. The largest absolute Gasteiger partial charge is 0.457 e. The molecule has 0 radical (unpaired) electrons. The number of benzene rings is 1. The Morgan fingerprint density at radius 3 is 2.56 bits per heavy atom. The van der Waals surface area contributed by atoms with Gasteiger partial charge in [0.05, 0.1) is 18.3 Å². The quantitative estimate of drug-likeness (QED) is 0.659. The van der Waals surface area contributed by atoms with Gasteiger partial charge in [0, 0.05) is 13.1 Å². The van der Waals surface area contributed by atoms with Gasteiger partial charge in [-0.2, -0.15) is 4.98 Å². The van der Waals surface area contributed by atoms with E-state index < -0.39 is 24.0 Å². The summed E-state index contributed by atoms with van der Waals surface area (Å²) in [6.07, 6.45) is -0.232. The standard InChI is InChI=1S/C18H21N3O6/c1-12(10-22)27-16(11-26-17(24)14-6-4-3-5-7-14)21-9-8-15(19-13(2)23)20-18(21)25/h3-9,12,16,22H,10-11H2,1-2H3,(H,19,20,23,25)/t12-,16-/m1/s1. The number of aromatic nitrogens is 2. The first kappa shape index (κ1) is 20.3. The van der Waals surface area contributed by atoms with Crippen LogP contribution in [0, 0.1) is 0 Å². The Morgan fingerprint density at radius 1 is 1.26 bits per heavy atom. The summed E-state index contributed by atoms with van der Waals surface area (Å²) in [7, 11) is 0. The zero-order chi connectivity index (χ0) is 19.8. The van der Waals surface area contributed by atoms with Gasteiger partial charge in [0.15, 0.2) is 6.23 Å². The summed E-state index contributed by atoms with van der Waals surface area (Å²) in [5.41, 5.74) is -0.343. The van der Waals surface area contributed by atoms with Gasteiger partial charge in [-0.05, 0) is 25.1 Å². The lowest BCUT2D eigenvalue weighted by molar-refractivity contribution is -0.114. The van der Waals surface area contributed by atoms with Gasteiger partial charge in [0.25, 0.3) is 0 Å². The number of nitrogens with zero attached hydrogens (tertiary/aromatic N) is 2. The lowest BCUT2D eigenvalue weighted by Crippen LogP contribution is -2.34. The molecular weight excluding hydrogens is 354 g/mol. The van der Waals surface area contributed by atoms with Crippen molar-refractivity contribution in [1.82, 2.24) is 9.55 Å². The maximum atomic E-state index is 12.3. The molecule has 0 unspecified atom stereocenters. The third-order valence-electron chi connectivity index (χ3n) is 3.46. The third-order valence-corrected chi connectivity index (χ3v) is 3.46. The second-order valence-electron chi connectivity index (χ2n) is 5.73. The summed E-state index contributed by atoms with van der Waals surface area (Å²) < 4.78 is 11.9. The molecule has 0 aliphatic heterocycles. The molecule has 2 N–H and O–H groups in total. The van der Waals surface area contributed by atoms with Gasteiger partial charge in [-0.15, -0.1) is 0 Å². The van der Waals surface area contributed by atoms with Crippen molar-refractivity contribution in [3.05, 3.63) is 58.6 Å². The van der Waals surface area contributed by atoms with E-state index in [1.165, 1.54) is 19.2 Å². The van der Waals surface area contributed by atoms with E-state index in [1.54, 1.807) is 37.3 Å². The van der Waals surface area contributed by atoms with E-state index in [9.17, 15) is 19.5 Å². The van der Waals surface area contributed by atoms with Crippen molar-refractivity contribution in [2.75, 3.05) is 18.5 Å². The number of aliphatic hydroxyl groups excluding tert-OH is 1. The number of carbonyl (C=O) groups is 2. The number of esters is 1. The predicted octanol–water partition coefficient (Wildman–Crippen LogP) is 0.955. The molecule has 0 saturated heterocycles. The summed E-state index contributed by atoms with van der Waals surface area (Å²) in [5.74, 6) is -0.839. The monoisotopic (exact) mass is 375 g/mol. The van der Waals surface area contributed by atoms with E-state index in [2.05, 4.69) is 10.3 Å². The Labute approximate surface area is 155 Å². The molecule has 0 aliphatic rings. The number of rotatable bonds is 8. The summed E-state index contributed by atoms with van der Waals surface area (Å²) in [4.78, 5) is 39.2. The number of nitrogens with one attached hydrogen (secondary N) is 1. The Bertz CT molecular complexity index is 836. The minimum atomic E-state index is -0.994. The van der Waals surface area contributed by atoms with Crippen LogP contribution >= 0.6 is 0 Å². The Kier molecular flexibility index (Phi) is 7.21. The molecule has 2 rings (SSSR count). The first-order chi connectivity index (χ1) is 12.9. The normalized spacial score (nSPS) is 12.9. The van der Waals surface area contributed by atoms with Gasteiger partial charge < -0.3 is 19.9 Å². The summed E-state index contributed by atoms with van der Waals surface area (Å²) >= 11 is 0. The Morgan fingerprint density at radius 2 is 1.96 bits per heavy atom. The van der Waals surface area contributed by atoms with Gasteiger partial charge in [0.2, 0.25) is 5.91 Å². The van der Waals surface area contributed by atoms with E-state index in [1.807, 2.05) is 0 Å². The highest BCUT2D eigenvalue weighted by atomic mass is 16.6.